The first-order valence-corrected chi connectivity index (χ1v) is 6.52. The predicted molar refractivity (Wildman–Crippen MR) is 75.9 cm³/mol. The summed E-state index contributed by atoms with van der Waals surface area (Å²) in [5.41, 5.74) is 8.39. The van der Waals surface area contributed by atoms with Crippen LogP contribution in [-0.4, -0.2) is 25.3 Å². The highest BCUT2D eigenvalue weighted by molar-refractivity contribution is 9.10. The smallest absolute Gasteiger partial charge is 0.305 e. The first kappa shape index (κ1) is 15.8. The Morgan fingerprint density at radius 2 is 1.79 bits per heavy atom. The summed E-state index contributed by atoms with van der Waals surface area (Å²) >= 11 is 3.48. The zero-order valence-electron chi connectivity index (χ0n) is 11.4. The first-order valence-electron chi connectivity index (χ1n) is 5.73. The van der Waals surface area contributed by atoms with Gasteiger partial charge in [0.2, 0.25) is 0 Å². The highest BCUT2D eigenvalue weighted by Gasteiger charge is 2.25. The van der Waals surface area contributed by atoms with Crippen LogP contribution >= 0.6 is 15.9 Å². The summed E-state index contributed by atoms with van der Waals surface area (Å²) in [6.07, 6.45) is -0.171. The van der Waals surface area contributed by atoms with Crippen molar-refractivity contribution in [3.63, 3.8) is 0 Å². The largest absolute Gasteiger partial charge is 0.493 e. The first-order chi connectivity index (χ1) is 8.84. The number of benzene rings is 1. The van der Waals surface area contributed by atoms with Crippen molar-refractivity contribution >= 4 is 21.9 Å². The summed E-state index contributed by atoms with van der Waals surface area (Å²) in [6, 6.07) is -0.654. The zero-order valence-corrected chi connectivity index (χ0v) is 13.0. The van der Waals surface area contributed by atoms with Crippen LogP contribution < -0.4 is 15.2 Å². The van der Waals surface area contributed by atoms with Crippen molar-refractivity contribution in [2.24, 2.45) is 5.73 Å². The Morgan fingerprint density at radius 1 is 1.26 bits per heavy atom. The molecule has 1 aromatic rings. The lowest BCUT2D eigenvalue weighted by Crippen LogP contribution is -2.18. The van der Waals surface area contributed by atoms with Gasteiger partial charge in [-0.2, -0.15) is 0 Å². The molecule has 0 aliphatic carbocycles. The quantitative estimate of drug-likeness (QED) is 0.866. The number of ether oxygens (including phenoxy) is 2. The molecule has 1 aromatic carbocycles. The molecule has 1 atom stereocenters. The Balaban J connectivity index is 3.52. The maximum Gasteiger partial charge on any atom is 0.305 e. The number of aliphatic carboxylic acids is 1. The molecule has 0 heterocycles. The molecule has 1 unspecified atom stereocenters. The van der Waals surface area contributed by atoms with Crippen molar-refractivity contribution in [3.8, 4) is 11.5 Å². The van der Waals surface area contributed by atoms with Gasteiger partial charge in [-0.05, 0) is 19.4 Å². The molecule has 0 saturated heterocycles. The van der Waals surface area contributed by atoms with Crippen molar-refractivity contribution in [1.82, 2.24) is 0 Å². The Kier molecular flexibility index (Phi) is 5.20. The number of halogens is 1. The molecule has 1 rings (SSSR count). The maximum absolute atomic E-state index is 10.8. The fourth-order valence-electron chi connectivity index (χ4n) is 2.15. The van der Waals surface area contributed by atoms with E-state index in [1.807, 2.05) is 13.8 Å². The van der Waals surface area contributed by atoms with Crippen LogP contribution in [0, 0.1) is 13.8 Å². The van der Waals surface area contributed by atoms with E-state index in [0.29, 0.717) is 17.1 Å². The second kappa shape index (κ2) is 6.25. The molecule has 0 aliphatic heterocycles. The number of carbonyl (C=O) groups is 1. The van der Waals surface area contributed by atoms with Crippen molar-refractivity contribution in [2.45, 2.75) is 26.3 Å². The average Bonchev–Trinajstić information content (AvgIpc) is 2.34. The molecule has 3 N–H and O–H groups in total. The van der Waals surface area contributed by atoms with Gasteiger partial charge in [-0.15, -0.1) is 0 Å². The molecule has 5 nitrogen and oxygen atoms in total. The van der Waals surface area contributed by atoms with Gasteiger partial charge in [-0.25, -0.2) is 0 Å². The molecule has 0 radical (unpaired) electrons. The zero-order chi connectivity index (χ0) is 14.7. The van der Waals surface area contributed by atoms with Gasteiger partial charge in [-0.3, -0.25) is 4.79 Å². The van der Waals surface area contributed by atoms with Crippen molar-refractivity contribution in [1.29, 1.82) is 0 Å². The highest BCUT2D eigenvalue weighted by Crippen LogP contribution is 2.44. The van der Waals surface area contributed by atoms with E-state index in [-0.39, 0.29) is 6.42 Å². The van der Waals surface area contributed by atoms with E-state index < -0.39 is 12.0 Å². The minimum Gasteiger partial charge on any atom is -0.493 e. The lowest BCUT2D eigenvalue weighted by atomic mass is 9.95. The van der Waals surface area contributed by atoms with Crippen LogP contribution in [0.25, 0.3) is 0 Å². The van der Waals surface area contributed by atoms with E-state index in [1.165, 1.54) is 7.11 Å². The number of carboxylic acid groups (broad SMARTS) is 1. The second-order valence-corrected chi connectivity index (χ2v) is 5.04. The van der Waals surface area contributed by atoms with E-state index in [4.69, 9.17) is 20.3 Å². The third-order valence-corrected chi connectivity index (χ3v) is 4.22. The molecule has 19 heavy (non-hydrogen) atoms. The normalized spacial score (nSPS) is 12.1. The molecular weight excluding hydrogens is 314 g/mol. The van der Waals surface area contributed by atoms with E-state index in [9.17, 15) is 4.79 Å². The Labute approximate surface area is 120 Å². The number of methoxy groups -OCH3 is 2. The predicted octanol–water partition coefficient (Wildman–Crippen LogP) is 2.56. The fraction of sp³-hybridized carbons (Fsp3) is 0.462. The molecule has 0 saturated carbocycles. The molecule has 0 fully saturated rings. The lowest BCUT2D eigenvalue weighted by molar-refractivity contribution is -0.137. The number of rotatable bonds is 5. The van der Waals surface area contributed by atoms with Gasteiger partial charge in [0.05, 0.1) is 20.6 Å². The number of nitrogens with two attached hydrogens (primary N) is 1. The van der Waals surface area contributed by atoms with Gasteiger partial charge < -0.3 is 20.3 Å². The van der Waals surface area contributed by atoms with Gasteiger partial charge in [-0.1, -0.05) is 15.9 Å². The molecule has 0 spiro atoms. The molecule has 0 bridgehead atoms. The molecule has 106 valence electrons. The summed E-state index contributed by atoms with van der Waals surface area (Å²) in [6.45, 7) is 3.76. The Morgan fingerprint density at radius 3 is 2.21 bits per heavy atom. The second-order valence-electron chi connectivity index (χ2n) is 4.25. The van der Waals surface area contributed by atoms with Crippen LogP contribution in [0.1, 0.15) is 29.2 Å². The van der Waals surface area contributed by atoms with E-state index >= 15 is 0 Å². The lowest BCUT2D eigenvalue weighted by Gasteiger charge is -2.22. The van der Waals surface area contributed by atoms with Crippen LogP contribution in [0.15, 0.2) is 4.47 Å². The monoisotopic (exact) mass is 331 g/mol. The molecule has 0 aromatic heterocycles. The van der Waals surface area contributed by atoms with Gasteiger partial charge in [0.25, 0.3) is 0 Å². The topological polar surface area (TPSA) is 81.8 Å². The highest BCUT2D eigenvalue weighted by atomic mass is 79.9. The number of hydrogen-bond donors (Lipinski definition) is 2. The van der Waals surface area contributed by atoms with Crippen molar-refractivity contribution in [3.05, 3.63) is 21.2 Å². The van der Waals surface area contributed by atoms with Crippen LogP contribution in [0.3, 0.4) is 0 Å². The van der Waals surface area contributed by atoms with Gasteiger partial charge in [0.15, 0.2) is 11.5 Å². The molecule has 0 aliphatic rings. The summed E-state index contributed by atoms with van der Waals surface area (Å²) < 4.78 is 11.6. The fourth-order valence-corrected chi connectivity index (χ4v) is 2.54. The maximum atomic E-state index is 10.8. The number of carboxylic acids is 1. The minimum absolute atomic E-state index is 0.171. The van der Waals surface area contributed by atoms with Gasteiger partial charge in [0.1, 0.15) is 0 Å². The standard InChI is InChI=1S/C13H18BrNO4/c1-6-10(8(15)5-9(16)17)13(19-4)12(18-3)7(2)11(6)14/h8H,5,15H2,1-4H3,(H,16,17). The van der Waals surface area contributed by atoms with Crippen molar-refractivity contribution in [2.75, 3.05) is 14.2 Å². The van der Waals surface area contributed by atoms with E-state index in [2.05, 4.69) is 15.9 Å². The van der Waals surface area contributed by atoms with Crippen LogP contribution in [-0.2, 0) is 4.79 Å². The van der Waals surface area contributed by atoms with Crippen LogP contribution in [0.4, 0.5) is 0 Å². The third kappa shape index (κ3) is 3.01. The molecule has 0 amide bonds. The van der Waals surface area contributed by atoms with E-state index in [0.717, 1.165) is 15.6 Å². The average molecular weight is 332 g/mol. The van der Waals surface area contributed by atoms with Crippen LogP contribution in [0.2, 0.25) is 0 Å². The van der Waals surface area contributed by atoms with Crippen molar-refractivity contribution < 1.29 is 19.4 Å². The summed E-state index contributed by atoms with van der Waals surface area (Å²) in [7, 11) is 3.06. The molecular formula is C13H18BrNO4. The third-order valence-electron chi connectivity index (χ3n) is 3.03. The van der Waals surface area contributed by atoms with Gasteiger partial charge >= 0.3 is 5.97 Å². The Hall–Kier alpha value is -1.27. The summed E-state index contributed by atoms with van der Waals surface area (Å²) in [5, 5.41) is 8.89. The SMILES string of the molecule is COc1c(C)c(Br)c(C)c(C(N)CC(=O)O)c1OC. The minimum atomic E-state index is -0.954. The van der Waals surface area contributed by atoms with E-state index in [1.54, 1.807) is 7.11 Å². The molecule has 6 heteroatoms. The number of hydrogen-bond acceptors (Lipinski definition) is 4. The van der Waals surface area contributed by atoms with Crippen LogP contribution in [0.5, 0.6) is 11.5 Å². The van der Waals surface area contributed by atoms with Gasteiger partial charge in [0, 0.05) is 21.6 Å². The summed E-state index contributed by atoms with van der Waals surface area (Å²) in [5.74, 6) is 0.106. The summed E-state index contributed by atoms with van der Waals surface area (Å²) in [4.78, 5) is 10.8. The Bertz CT molecular complexity index is 502.